The Morgan fingerprint density at radius 1 is 1.36 bits per heavy atom. The third kappa shape index (κ3) is 2.97. The Morgan fingerprint density at radius 3 is 3.08 bits per heavy atom. The smallest absolute Gasteiger partial charge is 0.290 e. The van der Waals surface area contributed by atoms with Crippen molar-refractivity contribution in [3.8, 4) is 5.75 Å². The van der Waals surface area contributed by atoms with Crippen molar-refractivity contribution in [2.45, 2.75) is 32.2 Å². The lowest BCUT2D eigenvalue weighted by Gasteiger charge is -2.17. The minimum Gasteiger partial charge on any atom is -0.489 e. The van der Waals surface area contributed by atoms with Gasteiger partial charge in [0.25, 0.3) is 11.8 Å². The van der Waals surface area contributed by atoms with E-state index >= 15 is 0 Å². The summed E-state index contributed by atoms with van der Waals surface area (Å²) < 4.78 is 10.9. The summed E-state index contributed by atoms with van der Waals surface area (Å²) in [4.78, 5) is 25.0. The molecule has 130 valence electrons. The second kappa shape index (κ2) is 6.23. The maximum Gasteiger partial charge on any atom is 0.290 e. The first-order valence-electron chi connectivity index (χ1n) is 8.43. The SMILES string of the molecule is C[C@H]1CCc2noc(C(=O)N[C@H]3COc4ccccc4NC3=O)c2C1. The van der Waals surface area contributed by atoms with E-state index in [4.69, 9.17) is 9.26 Å². The number of aryl methyl sites for hydroxylation is 1. The lowest BCUT2D eigenvalue weighted by molar-refractivity contribution is -0.118. The van der Waals surface area contributed by atoms with Crippen molar-refractivity contribution in [1.82, 2.24) is 10.5 Å². The first-order valence-corrected chi connectivity index (χ1v) is 8.43. The number of carbonyl (C=O) groups excluding carboxylic acids is 2. The van der Waals surface area contributed by atoms with E-state index in [0.29, 0.717) is 17.4 Å². The van der Waals surface area contributed by atoms with Crippen LogP contribution in [0.15, 0.2) is 28.8 Å². The Labute approximate surface area is 144 Å². The van der Waals surface area contributed by atoms with Crippen LogP contribution in [-0.4, -0.2) is 29.6 Å². The number of ether oxygens (including phenoxy) is 1. The molecule has 2 aromatic rings. The molecule has 7 heteroatoms. The lowest BCUT2D eigenvalue weighted by Crippen LogP contribution is -2.46. The van der Waals surface area contributed by atoms with Crippen LogP contribution in [0.1, 0.15) is 35.2 Å². The summed E-state index contributed by atoms with van der Waals surface area (Å²) in [7, 11) is 0. The summed E-state index contributed by atoms with van der Waals surface area (Å²) >= 11 is 0. The molecule has 4 rings (SSSR count). The van der Waals surface area contributed by atoms with Crippen LogP contribution in [0.4, 0.5) is 5.69 Å². The zero-order valence-electron chi connectivity index (χ0n) is 13.9. The van der Waals surface area contributed by atoms with E-state index in [1.807, 2.05) is 12.1 Å². The number of amides is 2. The zero-order valence-corrected chi connectivity index (χ0v) is 13.9. The van der Waals surface area contributed by atoms with Crippen molar-refractivity contribution in [3.05, 3.63) is 41.3 Å². The van der Waals surface area contributed by atoms with Crippen LogP contribution in [0, 0.1) is 5.92 Å². The normalized spacial score (nSPS) is 22.0. The minimum atomic E-state index is -0.804. The van der Waals surface area contributed by atoms with Crippen LogP contribution < -0.4 is 15.4 Å². The van der Waals surface area contributed by atoms with E-state index in [0.717, 1.165) is 30.5 Å². The summed E-state index contributed by atoms with van der Waals surface area (Å²) in [5, 5.41) is 9.48. The van der Waals surface area contributed by atoms with Gasteiger partial charge in [-0.2, -0.15) is 0 Å². The predicted molar refractivity (Wildman–Crippen MR) is 89.5 cm³/mol. The average molecular weight is 341 g/mol. The molecule has 0 radical (unpaired) electrons. The molecular weight excluding hydrogens is 322 g/mol. The quantitative estimate of drug-likeness (QED) is 0.870. The fourth-order valence-corrected chi connectivity index (χ4v) is 3.26. The Bertz CT molecular complexity index is 829. The largest absolute Gasteiger partial charge is 0.489 e. The minimum absolute atomic E-state index is 0.0569. The lowest BCUT2D eigenvalue weighted by atomic mass is 9.88. The molecule has 2 heterocycles. The van der Waals surface area contributed by atoms with Crippen LogP contribution in [-0.2, 0) is 17.6 Å². The number of nitrogens with zero attached hydrogens (tertiary/aromatic N) is 1. The highest BCUT2D eigenvalue weighted by Crippen LogP contribution is 2.28. The molecule has 0 unspecified atom stereocenters. The molecule has 2 amide bonds. The number of carbonyl (C=O) groups is 2. The van der Waals surface area contributed by atoms with E-state index in [1.54, 1.807) is 12.1 Å². The summed E-state index contributed by atoms with van der Waals surface area (Å²) in [5.74, 6) is 0.518. The maximum absolute atomic E-state index is 12.6. The second-order valence-electron chi connectivity index (χ2n) is 6.61. The molecule has 2 N–H and O–H groups in total. The second-order valence-corrected chi connectivity index (χ2v) is 6.61. The Hall–Kier alpha value is -2.83. The molecule has 1 aromatic carbocycles. The average Bonchev–Trinajstić information content (AvgIpc) is 2.95. The summed E-state index contributed by atoms with van der Waals surface area (Å²) in [6.07, 6.45) is 2.62. The van der Waals surface area contributed by atoms with Crippen LogP contribution in [0.25, 0.3) is 0 Å². The van der Waals surface area contributed by atoms with Gasteiger partial charge in [0, 0.05) is 5.56 Å². The molecule has 1 aliphatic heterocycles. The third-order valence-corrected chi connectivity index (χ3v) is 4.67. The summed E-state index contributed by atoms with van der Waals surface area (Å²) in [6.45, 7) is 2.20. The molecule has 0 fully saturated rings. The zero-order chi connectivity index (χ0) is 17.4. The first kappa shape index (κ1) is 15.7. The third-order valence-electron chi connectivity index (χ3n) is 4.67. The van der Waals surface area contributed by atoms with Gasteiger partial charge < -0.3 is 19.9 Å². The number of hydrogen-bond acceptors (Lipinski definition) is 5. The van der Waals surface area contributed by atoms with Gasteiger partial charge in [-0.1, -0.05) is 24.2 Å². The van der Waals surface area contributed by atoms with Crippen molar-refractivity contribution < 1.29 is 18.8 Å². The Morgan fingerprint density at radius 2 is 2.20 bits per heavy atom. The number of aromatic nitrogens is 1. The van der Waals surface area contributed by atoms with Gasteiger partial charge in [0.15, 0.2) is 0 Å². The standard InChI is InChI=1S/C18H19N3O4/c1-10-6-7-12-11(8-10)16(25-21-12)18(23)20-14-9-24-15-5-3-2-4-13(15)19-17(14)22/h2-5,10,14H,6-9H2,1H3,(H,19,22)(H,20,23)/t10-,14-/m0/s1. The van der Waals surface area contributed by atoms with E-state index in [1.165, 1.54) is 0 Å². The molecule has 25 heavy (non-hydrogen) atoms. The van der Waals surface area contributed by atoms with Gasteiger partial charge >= 0.3 is 0 Å². The molecule has 2 aliphatic rings. The number of nitrogens with one attached hydrogen (secondary N) is 2. The van der Waals surface area contributed by atoms with Gasteiger partial charge in [0.1, 0.15) is 18.4 Å². The molecule has 0 spiro atoms. The molecule has 0 bridgehead atoms. The number of anilines is 1. The van der Waals surface area contributed by atoms with Gasteiger partial charge in [-0.25, -0.2) is 0 Å². The summed E-state index contributed by atoms with van der Waals surface area (Å²) in [6, 6.07) is 6.36. The van der Waals surface area contributed by atoms with Crippen LogP contribution in [0.5, 0.6) is 5.75 Å². The first-order chi connectivity index (χ1) is 12.1. The molecule has 1 aromatic heterocycles. The fraction of sp³-hybridized carbons (Fsp3) is 0.389. The highest BCUT2D eigenvalue weighted by molar-refractivity contribution is 6.01. The van der Waals surface area contributed by atoms with E-state index in [-0.39, 0.29) is 18.3 Å². The number of fused-ring (bicyclic) bond motifs is 2. The van der Waals surface area contributed by atoms with Gasteiger partial charge in [0.05, 0.1) is 11.4 Å². The predicted octanol–water partition coefficient (Wildman–Crippen LogP) is 1.93. The highest BCUT2D eigenvalue weighted by atomic mass is 16.5. The van der Waals surface area contributed by atoms with E-state index in [9.17, 15) is 9.59 Å². The van der Waals surface area contributed by atoms with Crippen molar-refractivity contribution in [1.29, 1.82) is 0 Å². The van der Waals surface area contributed by atoms with Gasteiger partial charge in [-0.05, 0) is 37.3 Å². The Balaban J connectivity index is 1.50. The van der Waals surface area contributed by atoms with E-state index < -0.39 is 11.9 Å². The van der Waals surface area contributed by atoms with Gasteiger partial charge in [-0.15, -0.1) is 0 Å². The van der Waals surface area contributed by atoms with Crippen molar-refractivity contribution in [2.75, 3.05) is 11.9 Å². The van der Waals surface area contributed by atoms with Crippen molar-refractivity contribution in [2.24, 2.45) is 5.92 Å². The Kier molecular flexibility index (Phi) is 3.91. The molecule has 0 saturated heterocycles. The number of hydrogen-bond donors (Lipinski definition) is 2. The monoisotopic (exact) mass is 341 g/mol. The molecule has 7 nitrogen and oxygen atoms in total. The van der Waals surface area contributed by atoms with Gasteiger partial charge in [-0.3, -0.25) is 9.59 Å². The maximum atomic E-state index is 12.6. The number of para-hydroxylation sites is 2. The highest BCUT2D eigenvalue weighted by Gasteiger charge is 2.31. The molecule has 2 atom stereocenters. The number of benzene rings is 1. The number of rotatable bonds is 2. The topological polar surface area (TPSA) is 93.5 Å². The van der Waals surface area contributed by atoms with Gasteiger partial charge in [0.2, 0.25) is 5.76 Å². The van der Waals surface area contributed by atoms with Crippen LogP contribution in [0.2, 0.25) is 0 Å². The van der Waals surface area contributed by atoms with Crippen LogP contribution >= 0.6 is 0 Å². The molecule has 1 aliphatic carbocycles. The van der Waals surface area contributed by atoms with E-state index in [2.05, 4.69) is 22.7 Å². The van der Waals surface area contributed by atoms with Crippen molar-refractivity contribution in [3.63, 3.8) is 0 Å². The molecule has 0 saturated carbocycles. The van der Waals surface area contributed by atoms with Crippen molar-refractivity contribution >= 4 is 17.5 Å². The summed E-state index contributed by atoms with van der Waals surface area (Å²) in [5.41, 5.74) is 2.29. The fourth-order valence-electron chi connectivity index (χ4n) is 3.26. The van der Waals surface area contributed by atoms with Crippen LogP contribution in [0.3, 0.4) is 0 Å². The molecular formula is C18H19N3O4.